The second-order valence-corrected chi connectivity index (χ2v) is 10.4. The number of ether oxygens (including phenoxy) is 1. The van der Waals surface area contributed by atoms with Crippen LogP contribution in [0.4, 0.5) is 5.69 Å². The van der Waals surface area contributed by atoms with Gasteiger partial charge in [-0.25, -0.2) is 0 Å². The highest BCUT2D eigenvalue weighted by atomic mass is 16.5. The van der Waals surface area contributed by atoms with Crippen molar-refractivity contribution in [3.8, 4) is 16.9 Å². The van der Waals surface area contributed by atoms with E-state index in [1.165, 1.54) is 25.4 Å². The Balaban J connectivity index is 1.57. The number of likely N-dealkylation sites (N-methyl/N-ethyl adjacent to an activating group) is 1. The fourth-order valence-electron chi connectivity index (χ4n) is 6.89. The highest BCUT2D eigenvalue weighted by Crippen LogP contribution is 2.59. The Morgan fingerprint density at radius 3 is 2.42 bits per heavy atom. The highest BCUT2D eigenvalue weighted by Gasteiger charge is 2.68. The van der Waals surface area contributed by atoms with Crippen LogP contribution in [0.3, 0.4) is 0 Å². The topological polar surface area (TPSA) is 179 Å². The maximum Gasteiger partial charge on any atom is 0.252 e. The molecule has 6 N–H and O–H groups in total. The molecule has 3 aliphatic carbocycles. The zero-order valence-corrected chi connectivity index (χ0v) is 20.8. The van der Waals surface area contributed by atoms with Crippen molar-refractivity contribution in [3.05, 3.63) is 72.4 Å². The summed E-state index contributed by atoms with van der Waals surface area (Å²) in [6, 6.07) is 2.04. The van der Waals surface area contributed by atoms with E-state index in [0.29, 0.717) is 11.1 Å². The van der Waals surface area contributed by atoms with Crippen molar-refractivity contribution in [2.24, 2.45) is 17.6 Å². The van der Waals surface area contributed by atoms with Gasteiger partial charge in [0.1, 0.15) is 17.3 Å². The molecule has 1 aliphatic heterocycles. The van der Waals surface area contributed by atoms with Gasteiger partial charge in [0.05, 0.1) is 40.3 Å². The number of aromatic hydroxyl groups is 1. The summed E-state index contributed by atoms with van der Waals surface area (Å²) in [5.74, 6) is -3.66. The van der Waals surface area contributed by atoms with Gasteiger partial charge in [0.2, 0.25) is 22.2 Å². The zero-order chi connectivity index (χ0) is 27.4. The Kier molecular flexibility index (Phi) is 4.78. The number of rotatable bonds is 4. The van der Waals surface area contributed by atoms with E-state index in [-0.39, 0.29) is 57.9 Å². The third-order valence-electron chi connectivity index (χ3n) is 8.47. The molecule has 1 amide bonds. The highest BCUT2D eigenvalue weighted by molar-refractivity contribution is 6.15. The third-order valence-corrected chi connectivity index (χ3v) is 8.47. The number of primary amides is 1. The summed E-state index contributed by atoms with van der Waals surface area (Å²) in [5, 5.41) is 36.0. The number of nitrogens with two attached hydrogens (primary N) is 1. The Morgan fingerprint density at radius 2 is 1.84 bits per heavy atom. The normalized spacial score (nSPS) is 27.6. The number of Topliss-reactive ketones (excluding diaryl/α,β-unsaturated/α-hetero) is 1. The van der Waals surface area contributed by atoms with E-state index in [2.05, 4.69) is 5.32 Å². The van der Waals surface area contributed by atoms with Gasteiger partial charge in [-0.15, -0.1) is 0 Å². The van der Waals surface area contributed by atoms with Gasteiger partial charge >= 0.3 is 0 Å². The van der Waals surface area contributed by atoms with E-state index < -0.39 is 51.8 Å². The number of phenolic OH excluding ortho intramolecular Hbond substituents is 1. The molecule has 2 aromatic rings. The van der Waals surface area contributed by atoms with Gasteiger partial charge in [-0.05, 0) is 50.0 Å². The number of anilines is 1. The first-order valence-electron chi connectivity index (χ1n) is 12.1. The zero-order valence-electron chi connectivity index (χ0n) is 20.8. The maximum absolute atomic E-state index is 14.2. The number of hydrogen-bond acceptors (Lipinski definition) is 10. The first-order chi connectivity index (χ1) is 18.0. The van der Waals surface area contributed by atoms with Gasteiger partial charge in [-0.3, -0.25) is 24.1 Å². The Bertz CT molecular complexity index is 1660. The second kappa shape index (κ2) is 7.57. The fraction of sp³-hybridized carbons (Fsp3) is 0.333. The number of fused-ring (bicyclic) bond motifs is 2. The largest absolute Gasteiger partial charge is 0.510 e. The summed E-state index contributed by atoms with van der Waals surface area (Å²) in [5.41, 5.74) is 3.77. The molecule has 1 heterocycles. The Labute approximate surface area is 215 Å². The number of aliphatic hydroxyl groups excluding tert-OH is 2. The molecule has 2 aromatic carbocycles. The second-order valence-electron chi connectivity index (χ2n) is 10.4. The molecule has 11 nitrogen and oxygen atoms in total. The number of carbonyl (C=O) groups excluding carboxylic acids is 2. The summed E-state index contributed by atoms with van der Waals surface area (Å²) < 4.78 is 5.81. The molecule has 0 radical (unpaired) electrons. The molecule has 11 heteroatoms. The fourth-order valence-corrected chi connectivity index (χ4v) is 6.89. The van der Waals surface area contributed by atoms with Gasteiger partial charge in [0.25, 0.3) is 5.91 Å². The van der Waals surface area contributed by atoms with Crippen molar-refractivity contribution in [2.45, 2.75) is 24.5 Å². The van der Waals surface area contributed by atoms with E-state index >= 15 is 0 Å². The molecule has 4 aliphatic rings. The molecule has 0 saturated heterocycles. The summed E-state index contributed by atoms with van der Waals surface area (Å²) in [4.78, 5) is 52.7. The van der Waals surface area contributed by atoms with Crippen LogP contribution in [0.5, 0.6) is 5.75 Å². The van der Waals surface area contributed by atoms with Crippen LogP contribution in [-0.4, -0.2) is 64.7 Å². The van der Waals surface area contributed by atoms with Crippen LogP contribution in [0, 0.1) is 11.8 Å². The van der Waals surface area contributed by atoms with Crippen LogP contribution in [-0.2, 0) is 20.7 Å². The monoisotopic (exact) mass is 519 g/mol. The van der Waals surface area contributed by atoms with Crippen molar-refractivity contribution < 1.29 is 29.6 Å². The van der Waals surface area contributed by atoms with E-state index in [1.807, 2.05) is 0 Å². The number of aliphatic hydroxyl groups is 2. The Hall–Kier alpha value is -4.38. The maximum atomic E-state index is 14.2. The van der Waals surface area contributed by atoms with E-state index in [9.17, 15) is 34.5 Å². The molecule has 0 aromatic heterocycles. The number of benzene rings is 1. The van der Waals surface area contributed by atoms with Crippen LogP contribution in [0.1, 0.15) is 17.5 Å². The molecule has 6 rings (SSSR count). The predicted molar refractivity (Wildman–Crippen MR) is 136 cm³/mol. The number of ketones is 1. The average molecular weight is 520 g/mol. The summed E-state index contributed by atoms with van der Waals surface area (Å²) in [6.45, 7) is 0. The lowest BCUT2D eigenvalue weighted by Crippen LogP contribution is -2.67. The lowest BCUT2D eigenvalue weighted by molar-refractivity contribution is -0.153. The van der Waals surface area contributed by atoms with Gasteiger partial charge in [0, 0.05) is 18.5 Å². The first kappa shape index (κ1) is 24.0. The van der Waals surface area contributed by atoms with Crippen LogP contribution in [0.2, 0.25) is 0 Å². The standard InChI is InChI=1S/C27H25N3O8/c1-29-19-17(23(34)24(19)35)10-4-5-14(31)16-11(10)6-9-7-12-20(30(2)3)22(33)18(26(28)37)13-8-38-27(12,13)25(36)15(9)21(16)32/h4-5,8-9,12,20,29,31-33H,6-7H2,1-3H3,(H2,28,37)/t9-,12-,20-,27+/m0/s1. The van der Waals surface area contributed by atoms with Crippen LogP contribution < -0.4 is 21.9 Å². The molecule has 0 unspecified atom stereocenters. The van der Waals surface area contributed by atoms with Gasteiger partial charge in [0.15, 0.2) is 0 Å². The minimum absolute atomic E-state index is 0.00499. The third kappa shape index (κ3) is 2.61. The number of nitrogens with one attached hydrogen (secondary N) is 1. The van der Waals surface area contributed by atoms with Crippen LogP contribution in [0.25, 0.3) is 16.9 Å². The predicted octanol–water partition coefficient (Wildman–Crippen LogP) is 0.621. The van der Waals surface area contributed by atoms with E-state index in [0.717, 1.165) is 0 Å². The van der Waals surface area contributed by atoms with Gasteiger partial charge in [-0.1, -0.05) is 6.07 Å². The number of phenols is 1. The Morgan fingerprint density at radius 1 is 1.13 bits per heavy atom. The molecular weight excluding hydrogens is 494 g/mol. The molecular formula is C27H25N3O8. The lowest BCUT2D eigenvalue weighted by atomic mass is 9.54. The quantitative estimate of drug-likeness (QED) is 0.360. The van der Waals surface area contributed by atoms with Crippen LogP contribution in [0.15, 0.2) is 50.5 Å². The lowest BCUT2D eigenvalue weighted by Gasteiger charge is -2.56. The summed E-state index contributed by atoms with van der Waals surface area (Å²) in [6.07, 6.45) is 1.66. The number of nitrogens with zero attached hydrogens (tertiary/aromatic N) is 1. The summed E-state index contributed by atoms with van der Waals surface area (Å²) in [7, 11) is 4.92. The summed E-state index contributed by atoms with van der Waals surface area (Å²) >= 11 is 0. The molecule has 1 spiro atoms. The van der Waals surface area contributed by atoms with Crippen molar-refractivity contribution in [3.63, 3.8) is 0 Å². The average Bonchev–Trinajstić information content (AvgIpc) is 2.83. The molecule has 4 atom stereocenters. The van der Waals surface area contributed by atoms with Gasteiger partial charge in [-0.2, -0.15) is 0 Å². The van der Waals surface area contributed by atoms with Crippen molar-refractivity contribution in [1.82, 2.24) is 4.90 Å². The molecule has 0 bridgehead atoms. The number of amides is 1. The van der Waals surface area contributed by atoms with Crippen LogP contribution >= 0.6 is 0 Å². The van der Waals surface area contributed by atoms with E-state index in [1.54, 1.807) is 19.0 Å². The van der Waals surface area contributed by atoms with Crippen molar-refractivity contribution >= 4 is 23.1 Å². The van der Waals surface area contributed by atoms with Crippen molar-refractivity contribution in [1.29, 1.82) is 0 Å². The smallest absolute Gasteiger partial charge is 0.252 e. The number of carbonyl (C=O) groups is 2. The van der Waals surface area contributed by atoms with E-state index in [4.69, 9.17) is 10.5 Å². The first-order valence-corrected chi connectivity index (χ1v) is 12.1. The molecule has 196 valence electrons. The van der Waals surface area contributed by atoms with Gasteiger partial charge < -0.3 is 31.1 Å². The molecule has 38 heavy (non-hydrogen) atoms. The van der Waals surface area contributed by atoms with Crippen molar-refractivity contribution in [2.75, 3.05) is 26.5 Å². The molecule has 1 fully saturated rings. The molecule has 1 saturated carbocycles. The SMILES string of the molecule is CNc1c(-c2ccc(O)c3c2C[C@H]2C[C@H]4[C@H](N(C)C)C(O)=C(C(N)=O)C5=CO[C@@]54C(=O)C2=C3O)c(=O)c1=O. The minimum atomic E-state index is -1.63. The number of hydrogen-bond donors (Lipinski definition) is 5. The minimum Gasteiger partial charge on any atom is -0.510 e.